The molecule has 0 N–H and O–H groups in total. The van der Waals surface area contributed by atoms with Crippen LogP contribution in [0.15, 0.2) is 53.4 Å². The van der Waals surface area contributed by atoms with Gasteiger partial charge in [0.15, 0.2) is 11.5 Å². The van der Waals surface area contributed by atoms with Gasteiger partial charge in [0.2, 0.25) is 10.0 Å². The van der Waals surface area contributed by atoms with E-state index in [1.54, 1.807) is 60.6 Å². The number of sulfonamides is 1. The van der Waals surface area contributed by atoms with Gasteiger partial charge in [0.05, 0.1) is 24.5 Å². The predicted molar refractivity (Wildman–Crippen MR) is 95.1 cm³/mol. The summed E-state index contributed by atoms with van der Waals surface area (Å²) < 4.78 is 38.0. The van der Waals surface area contributed by atoms with E-state index in [1.807, 2.05) is 18.2 Å². The van der Waals surface area contributed by atoms with Crippen LogP contribution in [0.25, 0.3) is 0 Å². The molecule has 0 spiro atoms. The van der Waals surface area contributed by atoms with E-state index in [2.05, 4.69) is 0 Å². The Labute approximate surface area is 146 Å². The molecule has 2 aromatic rings. The van der Waals surface area contributed by atoms with E-state index in [4.69, 9.17) is 9.47 Å². The van der Waals surface area contributed by atoms with Crippen LogP contribution < -0.4 is 9.47 Å². The van der Waals surface area contributed by atoms with Gasteiger partial charge in [-0.3, -0.25) is 0 Å². The van der Waals surface area contributed by atoms with Crippen molar-refractivity contribution in [3.63, 3.8) is 0 Å². The molecule has 1 atom stereocenters. The maximum atomic E-state index is 13.0. The monoisotopic (exact) mass is 365 g/mol. The molecule has 0 amide bonds. The highest BCUT2D eigenvalue weighted by atomic mass is 32.2. The number of hydrogen-bond donors (Lipinski definition) is 0. The number of benzene rings is 2. The van der Waals surface area contributed by atoms with E-state index < -0.39 is 10.0 Å². The van der Waals surface area contributed by atoms with Crippen LogP contribution in [-0.4, -0.2) is 39.2 Å². The van der Waals surface area contributed by atoms with Crippen LogP contribution in [-0.2, 0) is 10.0 Å². The van der Waals surface area contributed by atoms with E-state index >= 15 is 0 Å². The summed E-state index contributed by atoms with van der Waals surface area (Å²) in [5, 5.41) is -0.269. The first-order valence-corrected chi connectivity index (χ1v) is 9.97. The molecule has 0 aromatic heterocycles. The first kappa shape index (κ1) is 17.1. The Morgan fingerprint density at radius 3 is 2.42 bits per heavy atom. The van der Waals surface area contributed by atoms with Crippen molar-refractivity contribution in [3.05, 3.63) is 54.1 Å². The second kappa shape index (κ2) is 7.04. The Morgan fingerprint density at radius 2 is 1.75 bits per heavy atom. The fourth-order valence-corrected chi connectivity index (χ4v) is 5.95. The number of ether oxygens (including phenoxy) is 2. The van der Waals surface area contributed by atoms with Crippen LogP contribution in [0.2, 0.25) is 0 Å². The molecule has 0 unspecified atom stereocenters. The zero-order valence-electron chi connectivity index (χ0n) is 13.5. The number of nitrogens with zero attached hydrogens (tertiary/aromatic N) is 1. The van der Waals surface area contributed by atoms with Crippen LogP contribution in [0, 0.1) is 0 Å². The summed E-state index contributed by atoms with van der Waals surface area (Å²) in [7, 11) is -0.382. The van der Waals surface area contributed by atoms with Gasteiger partial charge in [-0.1, -0.05) is 24.3 Å². The molecular weight excluding hydrogens is 346 g/mol. The maximum absolute atomic E-state index is 13.0. The molecule has 1 saturated heterocycles. The fraction of sp³-hybridized carbons (Fsp3) is 0.294. The highest BCUT2D eigenvalue weighted by molar-refractivity contribution is 8.01. The Bertz CT molecular complexity index is 809. The molecule has 5 nitrogen and oxygen atoms in total. The van der Waals surface area contributed by atoms with Gasteiger partial charge in [-0.2, -0.15) is 4.31 Å². The van der Waals surface area contributed by atoms with Gasteiger partial charge in [-0.25, -0.2) is 8.42 Å². The van der Waals surface area contributed by atoms with Crippen LogP contribution in [0.1, 0.15) is 10.9 Å². The van der Waals surface area contributed by atoms with Crippen molar-refractivity contribution in [2.45, 2.75) is 10.3 Å². The molecule has 1 fully saturated rings. The summed E-state index contributed by atoms with van der Waals surface area (Å²) in [5.41, 5.74) is 0.884. The van der Waals surface area contributed by atoms with E-state index in [9.17, 15) is 8.42 Å². The van der Waals surface area contributed by atoms with Crippen molar-refractivity contribution in [2.75, 3.05) is 26.5 Å². The summed E-state index contributed by atoms with van der Waals surface area (Å²) in [4.78, 5) is 0.318. The number of rotatable bonds is 5. The molecule has 128 valence electrons. The molecule has 1 aliphatic rings. The highest BCUT2D eigenvalue weighted by Crippen LogP contribution is 2.43. The van der Waals surface area contributed by atoms with E-state index in [0.29, 0.717) is 22.9 Å². The van der Waals surface area contributed by atoms with E-state index in [-0.39, 0.29) is 5.37 Å². The molecule has 3 rings (SSSR count). The largest absolute Gasteiger partial charge is 0.493 e. The van der Waals surface area contributed by atoms with E-state index in [1.165, 1.54) is 0 Å². The van der Waals surface area contributed by atoms with Crippen molar-refractivity contribution >= 4 is 21.8 Å². The lowest BCUT2D eigenvalue weighted by Gasteiger charge is -2.24. The highest BCUT2D eigenvalue weighted by Gasteiger charge is 2.37. The van der Waals surface area contributed by atoms with Gasteiger partial charge in [0.1, 0.15) is 0 Å². The zero-order valence-corrected chi connectivity index (χ0v) is 15.1. The molecule has 2 aromatic carbocycles. The Balaban J connectivity index is 1.97. The van der Waals surface area contributed by atoms with Gasteiger partial charge in [-0.05, 0) is 29.8 Å². The molecule has 0 bridgehead atoms. The fourth-order valence-electron chi connectivity index (χ4n) is 2.70. The van der Waals surface area contributed by atoms with Crippen LogP contribution in [0.4, 0.5) is 0 Å². The molecule has 1 heterocycles. The zero-order chi connectivity index (χ0) is 17.2. The number of thioether (sulfide) groups is 1. The van der Waals surface area contributed by atoms with Crippen molar-refractivity contribution < 1.29 is 17.9 Å². The molecule has 24 heavy (non-hydrogen) atoms. The van der Waals surface area contributed by atoms with Gasteiger partial charge in [0.25, 0.3) is 0 Å². The van der Waals surface area contributed by atoms with Crippen molar-refractivity contribution in [1.29, 1.82) is 0 Å². The third-order valence-corrected chi connectivity index (χ3v) is 7.16. The quantitative estimate of drug-likeness (QED) is 0.815. The SMILES string of the molecule is COc1ccc([C@@H]2SCCN2S(=O)(=O)c2ccccc2)cc1OC. The third-order valence-electron chi connectivity index (χ3n) is 3.89. The summed E-state index contributed by atoms with van der Waals surface area (Å²) in [6, 6.07) is 14.1. The van der Waals surface area contributed by atoms with Crippen molar-refractivity contribution in [1.82, 2.24) is 4.31 Å². The Kier molecular flexibility index (Phi) is 5.03. The van der Waals surface area contributed by atoms with Gasteiger partial charge < -0.3 is 9.47 Å². The summed E-state index contributed by atoms with van der Waals surface area (Å²) in [6.07, 6.45) is 0. The normalized spacial score (nSPS) is 18.5. The second-order valence-corrected chi connectivity index (χ2v) is 8.35. The average Bonchev–Trinajstić information content (AvgIpc) is 3.12. The lowest BCUT2D eigenvalue weighted by molar-refractivity contribution is 0.353. The lowest BCUT2D eigenvalue weighted by Crippen LogP contribution is -2.30. The topological polar surface area (TPSA) is 55.8 Å². The molecular formula is C17H19NO4S2. The van der Waals surface area contributed by atoms with Gasteiger partial charge in [0, 0.05) is 12.3 Å². The minimum absolute atomic E-state index is 0.269. The average molecular weight is 365 g/mol. The predicted octanol–water partition coefficient (Wildman–Crippen LogP) is 3.14. The summed E-state index contributed by atoms with van der Waals surface area (Å²) >= 11 is 1.61. The van der Waals surface area contributed by atoms with E-state index in [0.717, 1.165) is 11.3 Å². The molecule has 0 aliphatic carbocycles. The minimum Gasteiger partial charge on any atom is -0.493 e. The summed E-state index contributed by atoms with van der Waals surface area (Å²) in [6.45, 7) is 0.487. The number of hydrogen-bond acceptors (Lipinski definition) is 5. The standard InChI is InChI=1S/C17H19NO4S2/c1-21-15-9-8-13(12-16(15)22-2)17-18(10-11-23-17)24(19,20)14-6-4-3-5-7-14/h3-9,12,17H,10-11H2,1-2H3/t17-/m0/s1. The molecule has 1 aliphatic heterocycles. The van der Waals surface area contributed by atoms with Crippen LogP contribution >= 0.6 is 11.8 Å². The Hall–Kier alpha value is -1.70. The summed E-state index contributed by atoms with van der Waals surface area (Å²) in [5.74, 6) is 1.98. The van der Waals surface area contributed by atoms with Crippen molar-refractivity contribution in [2.24, 2.45) is 0 Å². The molecule has 0 saturated carbocycles. The number of methoxy groups -OCH3 is 2. The lowest BCUT2D eigenvalue weighted by atomic mass is 10.2. The molecule has 0 radical (unpaired) electrons. The van der Waals surface area contributed by atoms with Crippen LogP contribution in [0.5, 0.6) is 11.5 Å². The Morgan fingerprint density at radius 1 is 1.04 bits per heavy atom. The van der Waals surface area contributed by atoms with Gasteiger partial charge >= 0.3 is 0 Å². The first-order chi connectivity index (χ1) is 11.6. The van der Waals surface area contributed by atoms with Gasteiger partial charge in [-0.15, -0.1) is 11.8 Å². The maximum Gasteiger partial charge on any atom is 0.244 e. The van der Waals surface area contributed by atoms with Crippen molar-refractivity contribution in [3.8, 4) is 11.5 Å². The first-order valence-electron chi connectivity index (χ1n) is 7.48. The smallest absolute Gasteiger partial charge is 0.244 e. The minimum atomic E-state index is -3.53. The second-order valence-electron chi connectivity index (χ2n) is 5.27. The molecule has 7 heteroatoms. The van der Waals surface area contributed by atoms with Crippen LogP contribution in [0.3, 0.4) is 0 Å². The third kappa shape index (κ3) is 3.11.